The van der Waals surface area contributed by atoms with Crippen molar-refractivity contribution < 1.29 is 9.59 Å². The van der Waals surface area contributed by atoms with Gasteiger partial charge in [0.1, 0.15) is 6.29 Å². The highest BCUT2D eigenvalue weighted by Crippen LogP contribution is 2.22. The van der Waals surface area contributed by atoms with Gasteiger partial charge in [0, 0.05) is 25.1 Å². The maximum absolute atomic E-state index is 12.2. The Bertz CT molecular complexity index is 394. The molecule has 1 aromatic carbocycles. The zero-order valence-electron chi connectivity index (χ0n) is 10.5. The first-order chi connectivity index (χ1) is 8.81. The van der Waals surface area contributed by atoms with E-state index in [0.29, 0.717) is 12.3 Å². The number of carbonyl (C=O) groups is 2. The molecule has 1 aliphatic rings. The number of likely N-dealkylation sites (tertiary alicyclic amines) is 1. The van der Waals surface area contributed by atoms with E-state index in [9.17, 15) is 9.59 Å². The third kappa shape index (κ3) is 3.19. The number of hydrogen-bond donors (Lipinski definition) is 0. The van der Waals surface area contributed by atoms with Crippen LogP contribution in [0.2, 0.25) is 0 Å². The Labute approximate surface area is 108 Å². The Morgan fingerprint density at radius 1 is 1.22 bits per heavy atom. The fourth-order valence-electron chi connectivity index (χ4n) is 2.49. The molecule has 96 valence electrons. The Morgan fingerprint density at radius 3 is 2.50 bits per heavy atom. The molecule has 3 heteroatoms. The SMILES string of the molecule is O=CCCC1CCN(C(=O)c2ccccc2)CC1. The summed E-state index contributed by atoms with van der Waals surface area (Å²) in [6.07, 6.45) is 4.65. The summed E-state index contributed by atoms with van der Waals surface area (Å²) in [5, 5.41) is 0. The zero-order valence-corrected chi connectivity index (χ0v) is 10.5. The fourth-order valence-corrected chi connectivity index (χ4v) is 2.49. The van der Waals surface area contributed by atoms with Crippen molar-refractivity contribution in [3.63, 3.8) is 0 Å². The molecule has 0 spiro atoms. The predicted molar refractivity (Wildman–Crippen MR) is 70.4 cm³/mol. The second-order valence-electron chi connectivity index (χ2n) is 4.85. The van der Waals surface area contributed by atoms with E-state index in [-0.39, 0.29) is 5.91 Å². The average molecular weight is 245 g/mol. The first kappa shape index (κ1) is 12.8. The molecule has 1 fully saturated rings. The molecular formula is C15H19NO2. The molecule has 2 rings (SSSR count). The Morgan fingerprint density at radius 2 is 1.89 bits per heavy atom. The molecule has 0 saturated carbocycles. The average Bonchev–Trinajstić information content (AvgIpc) is 2.46. The monoisotopic (exact) mass is 245 g/mol. The molecule has 1 amide bonds. The minimum Gasteiger partial charge on any atom is -0.339 e. The van der Waals surface area contributed by atoms with Crippen LogP contribution >= 0.6 is 0 Å². The van der Waals surface area contributed by atoms with Crippen molar-refractivity contribution in [1.29, 1.82) is 0 Å². The van der Waals surface area contributed by atoms with Crippen LogP contribution < -0.4 is 0 Å². The van der Waals surface area contributed by atoms with Crippen molar-refractivity contribution in [2.24, 2.45) is 5.92 Å². The summed E-state index contributed by atoms with van der Waals surface area (Å²) in [6.45, 7) is 1.63. The Kier molecular flexibility index (Phi) is 4.51. The number of benzene rings is 1. The topological polar surface area (TPSA) is 37.4 Å². The number of aldehydes is 1. The molecule has 0 bridgehead atoms. The molecule has 1 aliphatic heterocycles. The lowest BCUT2D eigenvalue weighted by molar-refractivity contribution is -0.108. The van der Waals surface area contributed by atoms with Crippen LogP contribution in [0.15, 0.2) is 30.3 Å². The van der Waals surface area contributed by atoms with Crippen molar-refractivity contribution in [3.8, 4) is 0 Å². The Hall–Kier alpha value is -1.64. The lowest BCUT2D eigenvalue weighted by atomic mass is 9.92. The predicted octanol–water partition coefficient (Wildman–Crippen LogP) is 2.52. The van der Waals surface area contributed by atoms with Crippen LogP contribution in [-0.4, -0.2) is 30.2 Å². The normalized spacial score (nSPS) is 16.6. The molecule has 0 unspecified atom stereocenters. The second-order valence-corrected chi connectivity index (χ2v) is 4.85. The van der Waals surface area contributed by atoms with Crippen LogP contribution in [0.25, 0.3) is 0 Å². The molecule has 3 nitrogen and oxygen atoms in total. The first-order valence-electron chi connectivity index (χ1n) is 6.59. The summed E-state index contributed by atoms with van der Waals surface area (Å²) in [7, 11) is 0. The minimum absolute atomic E-state index is 0.129. The highest BCUT2D eigenvalue weighted by atomic mass is 16.2. The van der Waals surface area contributed by atoms with Gasteiger partial charge in [-0.25, -0.2) is 0 Å². The minimum atomic E-state index is 0.129. The van der Waals surface area contributed by atoms with E-state index in [2.05, 4.69) is 0 Å². The molecule has 0 atom stereocenters. The van der Waals surface area contributed by atoms with Crippen molar-refractivity contribution in [2.75, 3.05) is 13.1 Å². The van der Waals surface area contributed by atoms with Gasteiger partial charge >= 0.3 is 0 Å². The van der Waals surface area contributed by atoms with Gasteiger partial charge in [-0.1, -0.05) is 18.2 Å². The van der Waals surface area contributed by atoms with E-state index in [1.54, 1.807) is 0 Å². The maximum atomic E-state index is 12.2. The van der Waals surface area contributed by atoms with Crippen LogP contribution in [0.4, 0.5) is 0 Å². The van der Waals surface area contributed by atoms with Crippen LogP contribution in [0.1, 0.15) is 36.0 Å². The van der Waals surface area contributed by atoms with Crippen molar-refractivity contribution >= 4 is 12.2 Å². The molecule has 1 saturated heterocycles. The Balaban J connectivity index is 1.86. The molecular weight excluding hydrogens is 226 g/mol. The summed E-state index contributed by atoms with van der Waals surface area (Å²) in [5.74, 6) is 0.736. The van der Waals surface area contributed by atoms with Gasteiger partial charge in [-0.05, 0) is 37.3 Å². The number of amides is 1. The number of carbonyl (C=O) groups excluding carboxylic acids is 2. The lowest BCUT2D eigenvalue weighted by Gasteiger charge is -2.31. The van der Waals surface area contributed by atoms with Crippen LogP contribution in [0.3, 0.4) is 0 Å². The zero-order chi connectivity index (χ0) is 12.8. The number of piperidine rings is 1. The van der Waals surface area contributed by atoms with Gasteiger partial charge in [0.05, 0.1) is 0 Å². The van der Waals surface area contributed by atoms with Gasteiger partial charge in [-0.15, -0.1) is 0 Å². The van der Waals surface area contributed by atoms with Gasteiger partial charge in [0.15, 0.2) is 0 Å². The van der Waals surface area contributed by atoms with E-state index in [0.717, 1.165) is 44.2 Å². The summed E-state index contributed by atoms with van der Waals surface area (Å²) in [5.41, 5.74) is 0.767. The summed E-state index contributed by atoms with van der Waals surface area (Å²) in [6, 6.07) is 9.43. The van der Waals surface area contributed by atoms with Crippen molar-refractivity contribution in [2.45, 2.75) is 25.7 Å². The van der Waals surface area contributed by atoms with Crippen LogP contribution in [0.5, 0.6) is 0 Å². The van der Waals surface area contributed by atoms with Crippen LogP contribution in [0, 0.1) is 5.92 Å². The van der Waals surface area contributed by atoms with Gasteiger partial charge < -0.3 is 9.69 Å². The van der Waals surface area contributed by atoms with E-state index >= 15 is 0 Å². The van der Waals surface area contributed by atoms with Gasteiger partial charge in [-0.2, -0.15) is 0 Å². The first-order valence-corrected chi connectivity index (χ1v) is 6.59. The smallest absolute Gasteiger partial charge is 0.253 e. The molecule has 1 heterocycles. The summed E-state index contributed by atoms with van der Waals surface area (Å²) >= 11 is 0. The maximum Gasteiger partial charge on any atom is 0.253 e. The number of nitrogens with zero attached hydrogens (tertiary/aromatic N) is 1. The summed E-state index contributed by atoms with van der Waals surface area (Å²) < 4.78 is 0. The van der Waals surface area contributed by atoms with E-state index < -0.39 is 0 Å². The van der Waals surface area contributed by atoms with Crippen molar-refractivity contribution in [1.82, 2.24) is 4.90 Å². The van der Waals surface area contributed by atoms with Gasteiger partial charge in [0.2, 0.25) is 0 Å². The fraction of sp³-hybridized carbons (Fsp3) is 0.467. The third-order valence-corrected chi connectivity index (χ3v) is 3.62. The van der Waals surface area contributed by atoms with Crippen molar-refractivity contribution in [3.05, 3.63) is 35.9 Å². The molecule has 0 N–H and O–H groups in total. The molecule has 0 aromatic heterocycles. The highest BCUT2D eigenvalue weighted by molar-refractivity contribution is 5.94. The third-order valence-electron chi connectivity index (χ3n) is 3.62. The van der Waals surface area contributed by atoms with Gasteiger partial charge in [0.25, 0.3) is 5.91 Å². The quantitative estimate of drug-likeness (QED) is 0.764. The van der Waals surface area contributed by atoms with E-state index in [1.165, 1.54) is 0 Å². The second kappa shape index (κ2) is 6.34. The van der Waals surface area contributed by atoms with E-state index in [4.69, 9.17) is 0 Å². The van der Waals surface area contributed by atoms with Crippen LogP contribution in [-0.2, 0) is 4.79 Å². The standard InChI is InChI=1S/C15H19NO2/c17-12-4-5-13-8-10-16(11-9-13)15(18)14-6-2-1-3-7-14/h1-3,6-7,12-13H,4-5,8-11H2. The molecule has 18 heavy (non-hydrogen) atoms. The molecule has 1 aromatic rings. The molecule has 0 radical (unpaired) electrons. The van der Waals surface area contributed by atoms with E-state index in [1.807, 2.05) is 35.2 Å². The lowest BCUT2D eigenvalue weighted by Crippen LogP contribution is -2.38. The number of hydrogen-bond acceptors (Lipinski definition) is 2. The largest absolute Gasteiger partial charge is 0.339 e. The van der Waals surface area contributed by atoms with Gasteiger partial charge in [-0.3, -0.25) is 4.79 Å². The highest BCUT2D eigenvalue weighted by Gasteiger charge is 2.22. The summed E-state index contributed by atoms with van der Waals surface area (Å²) in [4.78, 5) is 24.5. The number of rotatable bonds is 4. The molecule has 0 aliphatic carbocycles.